The molecule has 4 atom stereocenters. The summed E-state index contributed by atoms with van der Waals surface area (Å²) in [5.41, 5.74) is 1.82. The monoisotopic (exact) mass is 398 g/mol. The van der Waals surface area contributed by atoms with Crippen molar-refractivity contribution in [3.8, 4) is 5.75 Å². The van der Waals surface area contributed by atoms with Crippen LogP contribution in [0.25, 0.3) is 0 Å². The summed E-state index contributed by atoms with van der Waals surface area (Å²) in [7, 11) is 0. The Balaban J connectivity index is 1.63. The van der Waals surface area contributed by atoms with E-state index in [0.29, 0.717) is 11.7 Å². The van der Waals surface area contributed by atoms with Crippen molar-refractivity contribution in [2.45, 2.75) is 98.8 Å². The smallest absolute Gasteiger partial charge is 0.314 e. The highest BCUT2D eigenvalue weighted by Gasteiger charge is 2.36. The molecule has 0 radical (unpaired) electrons. The number of fused-ring (bicyclic) bond motifs is 1. The van der Waals surface area contributed by atoms with E-state index >= 15 is 0 Å². The molecule has 0 spiro atoms. The van der Waals surface area contributed by atoms with E-state index in [1.165, 1.54) is 37.7 Å². The van der Waals surface area contributed by atoms with Gasteiger partial charge in [0.1, 0.15) is 5.75 Å². The summed E-state index contributed by atoms with van der Waals surface area (Å²) in [4.78, 5) is 12.8. The molecule has 1 aromatic rings. The zero-order valence-corrected chi connectivity index (χ0v) is 19.6. The van der Waals surface area contributed by atoms with Gasteiger partial charge in [0, 0.05) is 0 Å². The minimum absolute atomic E-state index is 0.0103. The third-order valence-electron chi connectivity index (χ3n) is 7.24. The predicted octanol–water partition coefficient (Wildman–Crippen LogP) is 7.76. The molecule has 0 N–H and O–H groups in total. The Kier molecular flexibility index (Phi) is 6.81. The maximum absolute atomic E-state index is 12.8. The molecule has 2 fully saturated rings. The molecule has 4 unspecified atom stereocenters. The number of carbonyl (C=O) groups is 1. The lowest BCUT2D eigenvalue weighted by Crippen LogP contribution is -2.33. The number of rotatable bonds is 4. The number of carbonyl (C=O) groups excluding carboxylic acids is 1. The van der Waals surface area contributed by atoms with Crippen LogP contribution in [0.2, 0.25) is 0 Å². The minimum atomic E-state index is -0.0103. The molecule has 2 nitrogen and oxygen atoms in total. The quantitative estimate of drug-likeness (QED) is 0.382. The maximum Gasteiger partial charge on any atom is 0.314 e. The van der Waals surface area contributed by atoms with Crippen LogP contribution in [0.1, 0.15) is 104 Å². The molecule has 0 aliphatic heterocycles. The van der Waals surface area contributed by atoms with Gasteiger partial charge in [-0.05, 0) is 72.0 Å². The Morgan fingerprint density at radius 1 is 0.931 bits per heavy atom. The highest BCUT2D eigenvalue weighted by atomic mass is 16.5. The van der Waals surface area contributed by atoms with Crippen LogP contribution in [0.5, 0.6) is 5.75 Å². The number of benzene rings is 1. The SMILES string of the molecule is CC(C)(C)CC(c1ccc(OC(=O)C2CCC3CCCCC3C2)cc1)C(C)(C)C. The average Bonchev–Trinajstić information content (AvgIpc) is 2.65. The molecule has 0 aromatic heterocycles. The van der Waals surface area contributed by atoms with Crippen LogP contribution in [-0.4, -0.2) is 5.97 Å². The Bertz CT molecular complexity index is 674. The maximum atomic E-state index is 12.8. The molecule has 1 aromatic carbocycles. The van der Waals surface area contributed by atoms with E-state index in [1.54, 1.807) is 0 Å². The summed E-state index contributed by atoms with van der Waals surface area (Å²) < 4.78 is 5.82. The van der Waals surface area contributed by atoms with Gasteiger partial charge in [-0.2, -0.15) is 0 Å². The van der Waals surface area contributed by atoms with Crippen molar-refractivity contribution in [2.75, 3.05) is 0 Å². The van der Waals surface area contributed by atoms with Crippen molar-refractivity contribution < 1.29 is 9.53 Å². The van der Waals surface area contributed by atoms with E-state index < -0.39 is 0 Å². The minimum Gasteiger partial charge on any atom is -0.426 e. The molecule has 0 saturated heterocycles. The van der Waals surface area contributed by atoms with Crippen LogP contribution in [0.4, 0.5) is 0 Å². The molecule has 0 amide bonds. The molecular formula is C27H42O2. The summed E-state index contributed by atoms with van der Waals surface area (Å²) in [5.74, 6) is 2.88. The zero-order chi connectivity index (χ0) is 21.2. The van der Waals surface area contributed by atoms with E-state index in [4.69, 9.17) is 4.74 Å². The third kappa shape index (κ3) is 6.09. The fourth-order valence-corrected chi connectivity index (χ4v) is 5.59. The lowest BCUT2D eigenvalue weighted by atomic mass is 9.67. The molecule has 2 aliphatic carbocycles. The second-order valence-electron chi connectivity index (χ2n) is 12.0. The van der Waals surface area contributed by atoms with Gasteiger partial charge >= 0.3 is 5.97 Å². The van der Waals surface area contributed by atoms with Gasteiger partial charge in [0.2, 0.25) is 0 Å². The summed E-state index contributed by atoms with van der Waals surface area (Å²) in [6.45, 7) is 13.9. The van der Waals surface area contributed by atoms with Crippen molar-refractivity contribution in [3.05, 3.63) is 29.8 Å². The topological polar surface area (TPSA) is 26.3 Å². The molecule has 2 heteroatoms. The fourth-order valence-electron chi connectivity index (χ4n) is 5.59. The van der Waals surface area contributed by atoms with E-state index in [-0.39, 0.29) is 22.7 Å². The lowest BCUT2D eigenvalue weighted by Gasteiger charge is -2.38. The van der Waals surface area contributed by atoms with Gasteiger partial charge in [0.25, 0.3) is 0 Å². The Morgan fingerprint density at radius 2 is 1.55 bits per heavy atom. The van der Waals surface area contributed by atoms with Crippen molar-refractivity contribution in [2.24, 2.45) is 28.6 Å². The van der Waals surface area contributed by atoms with Crippen molar-refractivity contribution in [3.63, 3.8) is 0 Å². The van der Waals surface area contributed by atoms with Crippen LogP contribution in [0.15, 0.2) is 24.3 Å². The first-order valence-corrected chi connectivity index (χ1v) is 11.8. The van der Waals surface area contributed by atoms with Crippen LogP contribution < -0.4 is 4.74 Å². The molecule has 0 heterocycles. The third-order valence-corrected chi connectivity index (χ3v) is 7.24. The van der Waals surface area contributed by atoms with Crippen LogP contribution >= 0.6 is 0 Å². The van der Waals surface area contributed by atoms with Crippen molar-refractivity contribution >= 4 is 5.97 Å². The van der Waals surface area contributed by atoms with Gasteiger partial charge in [0.05, 0.1) is 5.92 Å². The molecule has 3 rings (SSSR count). The van der Waals surface area contributed by atoms with Gasteiger partial charge in [-0.1, -0.05) is 79.4 Å². The molecule has 2 aliphatic rings. The van der Waals surface area contributed by atoms with Crippen LogP contribution in [0.3, 0.4) is 0 Å². The largest absolute Gasteiger partial charge is 0.426 e. The molecule has 29 heavy (non-hydrogen) atoms. The summed E-state index contributed by atoms with van der Waals surface area (Å²) in [6, 6.07) is 8.34. The van der Waals surface area contributed by atoms with Crippen molar-refractivity contribution in [1.29, 1.82) is 0 Å². The predicted molar refractivity (Wildman–Crippen MR) is 121 cm³/mol. The molecule has 2 saturated carbocycles. The highest BCUT2D eigenvalue weighted by molar-refractivity contribution is 5.75. The lowest BCUT2D eigenvalue weighted by molar-refractivity contribution is -0.141. The van der Waals surface area contributed by atoms with E-state index in [2.05, 4.69) is 53.7 Å². The van der Waals surface area contributed by atoms with Gasteiger partial charge in [-0.25, -0.2) is 0 Å². The second kappa shape index (κ2) is 8.82. The van der Waals surface area contributed by atoms with Gasteiger partial charge in [-0.3, -0.25) is 4.79 Å². The number of esters is 1. The zero-order valence-electron chi connectivity index (χ0n) is 19.6. The Labute approximate surface area is 178 Å². The first-order chi connectivity index (χ1) is 13.5. The number of ether oxygens (including phenoxy) is 1. The van der Waals surface area contributed by atoms with Crippen molar-refractivity contribution in [1.82, 2.24) is 0 Å². The average molecular weight is 399 g/mol. The van der Waals surface area contributed by atoms with E-state index in [0.717, 1.165) is 31.1 Å². The normalized spacial score (nSPS) is 26.5. The Morgan fingerprint density at radius 3 is 2.14 bits per heavy atom. The number of hydrogen-bond donors (Lipinski definition) is 0. The number of hydrogen-bond acceptors (Lipinski definition) is 2. The van der Waals surface area contributed by atoms with Gasteiger partial charge < -0.3 is 4.74 Å². The van der Waals surface area contributed by atoms with Gasteiger partial charge in [0.15, 0.2) is 0 Å². The fraction of sp³-hybridized carbons (Fsp3) is 0.741. The summed E-state index contributed by atoms with van der Waals surface area (Å²) in [5, 5.41) is 0. The first-order valence-electron chi connectivity index (χ1n) is 11.8. The summed E-state index contributed by atoms with van der Waals surface area (Å²) >= 11 is 0. The second-order valence-corrected chi connectivity index (χ2v) is 12.0. The summed E-state index contributed by atoms with van der Waals surface area (Å²) in [6.07, 6.45) is 9.81. The van der Waals surface area contributed by atoms with Crippen LogP contribution in [-0.2, 0) is 4.79 Å². The van der Waals surface area contributed by atoms with E-state index in [9.17, 15) is 4.79 Å². The standard InChI is InChI=1S/C27H42O2/c1-26(2,3)18-24(27(4,5)6)20-13-15-23(16-14-20)29-25(28)22-12-11-19-9-7-8-10-21(19)17-22/h13-16,19,21-22,24H,7-12,17-18H2,1-6H3. The highest BCUT2D eigenvalue weighted by Crippen LogP contribution is 2.44. The molecule has 162 valence electrons. The van der Waals surface area contributed by atoms with Gasteiger partial charge in [-0.15, -0.1) is 0 Å². The molecule has 0 bridgehead atoms. The molecular weight excluding hydrogens is 356 g/mol. The van der Waals surface area contributed by atoms with Crippen LogP contribution in [0, 0.1) is 28.6 Å². The van der Waals surface area contributed by atoms with E-state index in [1.807, 2.05) is 12.1 Å². The Hall–Kier alpha value is -1.31. The first kappa shape index (κ1) is 22.4.